The highest BCUT2D eigenvalue weighted by Gasteiger charge is 2.15. The average molecular weight is 428 g/mol. The summed E-state index contributed by atoms with van der Waals surface area (Å²) in [7, 11) is 1.56. The lowest BCUT2D eigenvalue weighted by atomic mass is 10.2. The van der Waals surface area contributed by atoms with Gasteiger partial charge in [0.05, 0.1) is 12.8 Å². The second kappa shape index (κ2) is 9.37. The van der Waals surface area contributed by atoms with Crippen LogP contribution >= 0.6 is 22.9 Å². The first-order valence-electron chi connectivity index (χ1n) is 8.82. The van der Waals surface area contributed by atoms with E-state index in [1.165, 1.54) is 17.4 Å². The largest absolute Gasteiger partial charge is 0.495 e. The number of anilines is 1. The molecule has 3 aromatic rings. The van der Waals surface area contributed by atoms with Crippen molar-refractivity contribution in [1.29, 1.82) is 5.26 Å². The number of nitrogens with one attached hydrogen (secondary N) is 1. The fourth-order valence-corrected chi connectivity index (χ4v) is 3.67. The smallest absolute Gasteiger partial charge is 0.268 e. The van der Waals surface area contributed by atoms with Crippen LogP contribution in [0.5, 0.6) is 5.75 Å². The molecule has 0 atom stereocenters. The van der Waals surface area contributed by atoms with Gasteiger partial charge in [-0.2, -0.15) is 5.26 Å². The maximum Gasteiger partial charge on any atom is 0.268 e. The number of hydrogen-bond acceptors (Lipinski definition) is 6. The lowest BCUT2D eigenvalue weighted by Crippen LogP contribution is -2.13. The Bertz CT molecular complexity index is 1100. The van der Waals surface area contributed by atoms with Gasteiger partial charge in [-0.1, -0.05) is 29.9 Å². The Kier molecular flexibility index (Phi) is 6.65. The van der Waals surface area contributed by atoms with Gasteiger partial charge in [0.2, 0.25) is 5.13 Å². The van der Waals surface area contributed by atoms with E-state index in [4.69, 9.17) is 16.3 Å². The second-order valence-electron chi connectivity index (χ2n) is 5.99. The van der Waals surface area contributed by atoms with E-state index in [1.807, 2.05) is 13.0 Å². The van der Waals surface area contributed by atoms with Gasteiger partial charge in [0.15, 0.2) is 0 Å². The molecule has 0 bridgehead atoms. The van der Waals surface area contributed by atoms with Crippen LogP contribution in [0.4, 0.5) is 5.13 Å². The van der Waals surface area contributed by atoms with Gasteiger partial charge < -0.3 is 9.30 Å². The van der Waals surface area contributed by atoms with E-state index in [0.717, 1.165) is 17.8 Å². The van der Waals surface area contributed by atoms with E-state index < -0.39 is 5.91 Å². The van der Waals surface area contributed by atoms with Crippen LogP contribution in [0.25, 0.3) is 11.8 Å². The molecular formula is C20H18ClN5O2S. The summed E-state index contributed by atoms with van der Waals surface area (Å²) in [4.78, 5) is 12.5. The first kappa shape index (κ1) is 20.6. The zero-order valence-electron chi connectivity index (χ0n) is 15.8. The van der Waals surface area contributed by atoms with Crippen molar-refractivity contribution in [2.75, 3.05) is 12.4 Å². The summed E-state index contributed by atoms with van der Waals surface area (Å²) < 4.78 is 7.19. The Morgan fingerprint density at radius 3 is 2.97 bits per heavy atom. The zero-order chi connectivity index (χ0) is 20.8. The summed E-state index contributed by atoms with van der Waals surface area (Å²) >= 11 is 7.43. The van der Waals surface area contributed by atoms with Crippen molar-refractivity contribution in [3.05, 3.63) is 57.8 Å². The molecule has 0 saturated heterocycles. The van der Waals surface area contributed by atoms with Gasteiger partial charge in [0, 0.05) is 23.3 Å². The third-order valence-electron chi connectivity index (χ3n) is 3.99. The van der Waals surface area contributed by atoms with E-state index in [2.05, 4.69) is 15.5 Å². The molecular weight excluding hydrogens is 410 g/mol. The van der Waals surface area contributed by atoms with Crippen LogP contribution in [-0.2, 0) is 11.2 Å². The molecule has 0 aliphatic rings. The quantitative estimate of drug-likeness (QED) is 0.443. The highest BCUT2D eigenvalue weighted by Crippen LogP contribution is 2.28. The lowest BCUT2D eigenvalue weighted by molar-refractivity contribution is -0.112. The lowest BCUT2D eigenvalue weighted by Gasteiger charge is -2.12. The maximum atomic E-state index is 12.5. The molecule has 3 rings (SSSR count). The molecule has 29 heavy (non-hydrogen) atoms. The molecule has 2 aromatic heterocycles. The molecule has 0 unspecified atom stereocenters. The minimum atomic E-state index is -0.544. The molecule has 1 amide bonds. The first-order chi connectivity index (χ1) is 14.0. The number of amides is 1. The number of aryl methyl sites for hydroxylation is 1. The molecule has 9 heteroatoms. The van der Waals surface area contributed by atoms with Crippen LogP contribution in [0.2, 0.25) is 5.02 Å². The van der Waals surface area contributed by atoms with Gasteiger partial charge in [-0.3, -0.25) is 10.1 Å². The predicted octanol–water partition coefficient (Wildman–Crippen LogP) is 4.49. The van der Waals surface area contributed by atoms with Crippen LogP contribution in [0.1, 0.15) is 24.0 Å². The standard InChI is InChI=1S/C20H18ClN5O2S/c1-3-5-18-24-25-20(29-18)23-19(27)13(12-22)10-15-6-4-9-26(15)16-11-14(21)7-8-17(16)28-2/h4,6-11H,3,5H2,1-2H3,(H,23,25,27). The monoisotopic (exact) mass is 427 g/mol. The van der Waals surface area contributed by atoms with Crippen molar-refractivity contribution in [2.45, 2.75) is 19.8 Å². The van der Waals surface area contributed by atoms with Gasteiger partial charge >= 0.3 is 0 Å². The van der Waals surface area contributed by atoms with E-state index >= 15 is 0 Å². The molecule has 0 aliphatic heterocycles. The molecule has 0 radical (unpaired) electrons. The predicted molar refractivity (Wildman–Crippen MR) is 113 cm³/mol. The van der Waals surface area contributed by atoms with Gasteiger partial charge in [-0.05, 0) is 42.8 Å². The number of ether oxygens (including phenoxy) is 1. The van der Waals surface area contributed by atoms with Crippen LogP contribution in [0, 0.1) is 11.3 Å². The van der Waals surface area contributed by atoms with Crippen molar-refractivity contribution >= 4 is 40.1 Å². The first-order valence-corrected chi connectivity index (χ1v) is 10.0. The number of aromatic nitrogens is 3. The number of methoxy groups -OCH3 is 1. The Morgan fingerprint density at radius 2 is 2.24 bits per heavy atom. The molecule has 0 saturated carbocycles. The number of nitriles is 1. The molecule has 148 valence electrons. The summed E-state index contributed by atoms with van der Waals surface area (Å²) in [5, 5.41) is 21.9. The van der Waals surface area contributed by atoms with Crippen molar-refractivity contribution in [2.24, 2.45) is 0 Å². The average Bonchev–Trinajstić information content (AvgIpc) is 3.35. The third-order valence-corrected chi connectivity index (χ3v) is 5.12. The number of benzene rings is 1. The van der Waals surface area contributed by atoms with E-state index in [9.17, 15) is 10.1 Å². The normalized spacial score (nSPS) is 11.2. The van der Waals surface area contributed by atoms with Crippen molar-refractivity contribution in [3.63, 3.8) is 0 Å². The van der Waals surface area contributed by atoms with Gasteiger partial charge in [0.1, 0.15) is 22.4 Å². The maximum absolute atomic E-state index is 12.5. The molecule has 1 aromatic carbocycles. The van der Waals surface area contributed by atoms with Crippen molar-refractivity contribution < 1.29 is 9.53 Å². The highest BCUT2D eigenvalue weighted by atomic mass is 35.5. The number of carbonyl (C=O) groups excluding carboxylic acids is 1. The molecule has 2 heterocycles. The summed E-state index contributed by atoms with van der Waals surface area (Å²) in [6.45, 7) is 2.04. The minimum Gasteiger partial charge on any atom is -0.495 e. The van der Waals surface area contributed by atoms with Crippen LogP contribution in [-0.4, -0.2) is 27.8 Å². The Labute approximate surface area is 177 Å². The fraction of sp³-hybridized carbons (Fsp3) is 0.200. The van der Waals surface area contributed by atoms with Crippen molar-refractivity contribution in [3.8, 4) is 17.5 Å². The molecule has 0 fully saturated rings. The molecule has 0 spiro atoms. The van der Waals surface area contributed by atoms with Crippen LogP contribution < -0.4 is 10.1 Å². The number of carbonyl (C=O) groups is 1. The number of hydrogen-bond donors (Lipinski definition) is 1. The zero-order valence-corrected chi connectivity index (χ0v) is 17.4. The Hall–Kier alpha value is -3.15. The van der Waals surface area contributed by atoms with Gasteiger partial charge in [0.25, 0.3) is 5.91 Å². The number of halogens is 1. The molecule has 1 N–H and O–H groups in total. The van der Waals surface area contributed by atoms with E-state index in [1.54, 1.807) is 48.2 Å². The molecule has 7 nitrogen and oxygen atoms in total. The highest BCUT2D eigenvalue weighted by molar-refractivity contribution is 7.15. The topological polar surface area (TPSA) is 92.8 Å². The SMILES string of the molecule is CCCc1nnc(NC(=O)C(C#N)=Cc2cccn2-c2cc(Cl)ccc2OC)s1. The summed E-state index contributed by atoms with van der Waals surface area (Å²) in [5.74, 6) is 0.0676. The van der Waals surface area contributed by atoms with E-state index in [-0.39, 0.29) is 5.57 Å². The van der Waals surface area contributed by atoms with Crippen molar-refractivity contribution in [1.82, 2.24) is 14.8 Å². The Balaban J connectivity index is 1.89. The fourth-order valence-electron chi connectivity index (χ4n) is 2.66. The van der Waals surface area contributed by atoms with E-state index in [0.29, 0.717) is 27.3 Å². The minimum absolute atomic E-state index is 0.0572. The number of nitrogens with zero attached hydrogens (tertiary/aromatic N) is 4. The Morgan fingerprint density at radius 1 is 1.41 bits per heavy atom. The van der Waals surface area contributed by atoms with Gasteiger partial charge in [-0.15, -0.1) is 10.2 Å². The van der Waals surface area contributed by atoms with Crippen LogP contribution in [0.15, 0.2) is 42.1 Å². The van der Waals surface area contributed by atoms with Crippen LogP contribution in [0.3, 0.4) is 0 Å². The summed E-state index contributed by atoms with van der Waals surface area (Å²) in [5.41, 5.74) is 1.27. The second-order valence-corrected chi connectivity index (χ2v) is 7.49. The van der Waals surface area contributed by atoms with Gasteiger partial charge in [-0.25, -0.2) is 0 Å². The third kappa shape index (κ3) is 4.83. The molecule has 0 aliphatic carbocycles. The number of rotatable bonds is 7. The summed E-state index contributed by atoms with van der Waals surface area (Å²) in [6, 6.07) is 10.8. The summed E-state index contributed by atoms with van der Waals surface area (Å²) in [6.07, 6.45) is 5.04.